The van der Waals surface area contributed by atoms with Crippen LogP contribution in [0.2, 0.25) is 0 Å². The SMILES string of the molecule is O=C1c2cnc3n[nH]c(-c4ccccc4)c3c2C(=O)N1c1ccccc1[N+](=O)[O-]. The van der Waals surface area contributed by atoms with Gasteiger partial charge in [-0.1, -0.05) is 42.5 Å². The number of anilines is 1. The molecule has 5 rings (SSSR count). The lowest BCUT2D eigenvalue weighted by Crippen LogP contribution is -2.30. The van der Waals surface area contributed by atoms with Gasteiger partial charge in [-0.3, -0.25) is 24.8 Å². The van der Waals surface area contributed by atoms with Crippen molar-refractivity contribution in [3.8, 4) is 11.3 Å². The topological polar surface area (TPSA) is 122 Å². The minimum Gasteiger partial charge on any atom is -0.275 e. The van der Waals surface area contributed by atoms with Crippen LogP contribution in [-0.4, -0.2) is 31.9 Å². The third-order valence-electron chi connectivity index (χ3n) is 4.81. The molecule has 0 spiro atoms. The van der Waals surface area contributed by atoms with Gasteiger partial charge in [0.2, 0.25) is 0 Å². The number of amides is 2. The van der Waals surface area contributed by atoms with Crippen LogP contribution in [0.25, 0.3) is 22.3 Å². The number of nitrogens with one attached hydrogen (secondary N) is 1. The van der Waals surface area contributed by atoms with Crippen molar-refractivity contribution in [1.29, 1.82) is 0 Å². The fourth-order valence-corrected chi connectivity index (χ4v) is 3.54. The molecule has 0 saturated carbocycles. The van der Waals surface area contributed by atoms with Gasteiger partial charge in [-0.2, -0.15) is 5.10 Å². The summed E-state index contributed by atoms with van der Waals surface area (Å²) in [6.07, 6.45) is 1.28. The maximum absolute atomic E-state index is 13.3. The molecule has 1 aliphatic heterocycles. The number of carbonyl (C=O) groups excluding carboxylic acids is 2. The van der Waals surface area contributed by atoms with E-state index in [-0.39, 0.29) is 28.1 Å². The van der Waals surface area contributed by atoms with Gasteiger partial charge >= 0.3 is 0 Å². The number of rotatable bonds is 3. The second-order valence-corrected chi connectivity index (χ2v) is 6.40. The van der Waals surface area contributed by atoms with Gasteiger partial charge in [0.05, 0.1) is 27.1 Å². The van der Waals surface area contributed by atoms with Crippen LogP contribution in [0.5, 0.6) is 0 Å². The summed E-state index contributed by atoms with van der Waals surface area (Å²) in [5.41, 5.74) is 1.41. The van der Waals surface area contributed by atoms with Crippen LogP contribution in [0.3, 0.4) is 0 Å². The maximum atomic E-state index is 13.3. The van der Waals surface area contributed by atoms with E-state index in [0.717, 1.165) is 10.5 Å². The molecular weight excluding hydrogens is 374 g/mol. The Bertz CT molecular complexity index is 1330. The molecule has 2 aromatic carbocycles. The molecule has 0 bridgehead atoms. The Morgan fingerprint density at radius 2 is 1.69 bits per heavy atom. The first-order valence-corrected chi connectivity index (χ1v) is 8.62. The summed E-state index contributed by atoms with van der Waals surface area (Å²) in [5, 5.41) is 18.8. The first-order chi connectivity index (χ1) is 14.1. The van der Waals surface area contributed by atoms with Crippen molar-refractivity contribution in [2.24, 2.45) is 0 Å². The molecule has 9 nitrogen and oxygen atoms in total. The van der Waals surface area contributed by atoms with Crippen LogP contribution >= 0.6 is 0 Å². The summed E-state index contributed by atoms with van der Waals surface area (Å²) in [6, 6.07) is 14.8. The van der Waals surface area contributed by atoms with E-state index in [2.05, 4.69) is 15.2 Å². The Kier molecular flexibility index (Phi) is 3.50. The molecule has 0 atom stereocenters. The number of hydrogen-bond acceptors (Lipinski definition) is 6. The van der Waals surface area contributed by atoms with Crippen LogP contribution in [0.4, 0.5) is 11.4 Å². The summed E-state index contributed by atoms with van der Waals surface area (Å²) in [4.78, 5) is 42.1. The quantitative estimate of drug-likeness (QED) is 0.328. The Labute approximate surface area is 162 Å². The highest BCUT2D eigenvalue weighted by Gasteiger charge is 2.42. The van der Waals surface area contributed by atoms with Crippen molar-refractivity contribution in [3.05, 3.63) is 82.0 Å². The van der Waals surface area contributed by atoms with Crippen molar-refractivity contribution in [2.75, 3.05) is 4.90 Å². The standard InChI is InChI=1S/C20H11N5O4/c26-19-12-10-21-18-16(17(22-23-18)11-6-2-1-3-7-11)15(12)20(27)24(19)13-8-4-5-9-14(13)25(28)29/h1-10H,(H,21,22,23). The number of aromatic nitrogens is 3. The Morgan fingerprint density at radius 1 is 0.966 bits per heavy atom. The van der Waals surface area contributed by atoms with Gasteiger partial charge in [-0.05, 0) is 6.07 Å². The van der Waals surface area contributed by atoms with Crippen molar-refractivity contribution >= 4 is 34.2 Å². The van der Waals surface area contributed by atoms with Crippen molar-refractivity contribution < 1.29 is 14.5 Å². The number of H-pyrrole nitrogens is 1. The summed E-state index contributed by atoms with van der Waals surface area (Å²) < 4.78 is 0. The Morgan fingerprint density at radius 3 is 2.45 bits per heavy atom. The molecule has 0 radical (unpaired) electrons. The molecule has 1 N–H and O–H groups in total. The van der Waals surface area contributed by atoms with Crippen molar-refractivity contribution in [2.45, 2.75) is 0 Å². The number of para-hydroxylation sites is 2. The molecule has 0 unspecified atom stereocenters. The fraction of sp³-hybridized carbons (Fsp3) is 0. The van der Waals surface area contributed by atoms with Crippen LogP contribution in [0, 0.1) is 10.1 Å². The van der Waals surface area contributed by atoms with Crippen LogP contribution in [-0.2, 0) is 0 Å². The molecule has 1 aliphatic rings. The molecule has 4 aromatic rings. The zero-order valence-electron chi connectivity index (χ0n) is 14.7. The highest BCUT2D eigenvalue weighted by Crippen LogP contribution is 2.38. The van der Waals surface area contributed by atoms with Gasteiger partial charge in [-0.25, -0.2) is 9.88 Å². The third kappa shape index (κ3) is 2.34. The fourth-order valence-electron chi connectivity index (χ4n) is 3.54. The molecule has 0 aliphatic carbocycles. The zero-order chi connectivity index (χ0) is 20.1. The third-order valence-corrected chi connectivity index (χ3v) is 4.81. The number of hydrogen-bond donors (Lipinski definition) is 1. The van der Waals surface area contributed by atoms with Gasteiger partial charge in [0.25, 0.3) is 17.5 Å². The lowest BCUT2D eigenvalue weighted by molar-refractivity contribution is -0.384. The number of nitro groups is 1. The average molecular weight is 385 g/mol. The second-order valence-electron chi connectivity index (χ2n) is 6.40. The number of aromatic amines is 1. The molecule has 3 heterocycles. The molecule has 140 valence electrons. The van der Waals surface area contributed by atoms with E-state index in [1.807, 2.05) is 30.3 Å². The lowest BCUT2D eigenvalue weighted by Gasteiger charge is -2.13. The normalized spacial score (nSPS) is 13.2. The van der Waals surface area contributed by atoms with Crippen molar-refractivity contribution in [1.82, 2.24) is 15.2 Å². The maximum Gasteiger partial charge on any atom is 0.293 e. The predicted molar refractivity (Wildman–Crippen MR) is 104 cm³/mol. The second kappa shape index (κ2) is 6.06. The first kappa shape index (κ1) is 16.8. The smallest absolute Gasteiger partial charge is 0.275 e. The van der Waals surface area contributed by atoms with E-state index >= 15 is 0 Å². The zero-order valence-corrected chi connectivity index (χ0v) is 14.7. The van der Waals surface area contributed by atoms with E-state index in [0.29, 0.717) is 11.1 Å². The number of fused-ring (bicyclic) bond motifs is 3. The first-order valence-electron chi connectivity index (χ1n) is 8.62. The molecule has 2 amide bonds. The van der Waals surface area contributed by atoms with E-state index in [9.17, 15) is 19.7 Å². The lowest BCUT2D eigenvalue weighted by atomic mass is 10.0. The van der Waals surface area contributed by atoms with Crippen LogP contribution in [0.1, 0.15) is 20.7 Å². The molecule has 0 fully saturated rings. The van der Waals surface area contributed by atoms with Crippen molar-refractivity contribution in [3.63, 3.8) is 0 Å². The van der Waals surface area contributed by atoms with Crippen LogP contribution < -0.4 is 4.90 Å². The summed E-state index contributed by atoms with van der Waals surface area (Å²) >= 11 is 0. The molecule has 0 saturated heterocycles. The minimum atomic E-state index is -0.658. The summed E-state index contributed by atoms with van der Waals surface area (Å²) in [6.45, 7) is 0. The van der Waals surface area contributed by atoms with Gasteiger partial charge in [-0.15, -0.1) is 0 Å². The largest absolute Gasteiger partial charge is 0.293 e. The van der Waals surface area contributed by atoms with Gasteiger partial charge in [0.15, 0.2) is 5.65 Å². The van der Waals surface area contributed by atoms with Gasteiger partial charge < -0.3 is 0 Å². The predicted octanol–water partition coefficient (Wildman–Crippen LogP) is 3.33. The number of imide groups is 1. The number of benzene rings is 2. The van der Waals surface area contributed by atoms with E-state index in [1.54, 1.807) is 0 Å². The summed E-state index contributed by atoms with van der Waals surface area (Å²) in [5.74, 6) is -1.31. The van der Waals surface area contributed by atoms with Gasteiger partial charge in [0, 0.05) is 17.8 Å². The number of pyridine rings is 1. The Hall–Kier alpha value is -4.40. The highest BCUT2D eigenvalue weighted by atomic mass is 16.6. The minimum absolute atomic E-state index is 0.0818. The van der Waals surface area contributed by atoms with E-state index < -0.39 is 16.7 Å². The summed E-state index contributed by atoms with van der Waals surface area (Å²) in [7, 11) is 0. The Balaban J connectivity index is 1.75. The monoisotopic (exact) mass is 385 g/mol. The van der Waals surface area contributed by atoms with E-state index in [4.69, 9.17) is 0 Å². The highest BCUT2D eigenvalue weighted by molar-refractivity contribution is 6.38. The number of carbonyl (C=O) groups is 2. The van der Waals surface area contributed by atoms with Gasteiger partial charge in [0.1, 0.15) is 5.69 Å². The molecular formula is C20H11N5O4. The van der Waals surface area contributed by atoms with E-state index in [1.165, 1.54) is 30.5 Å². The average Bonchev–Trinajstić information content (AvgIpc) is 3.27. The van der Waals surface area contributed by atoms with Crippen LogP contribution in [0.15, 0.2) is 60.8 Å². The molecule has 9 heteroatoms. The number of nitrogens with zero attached hydrogens (tertiary/aromatic N) is 4. The number of nitro benzene ring substituents is 1. The molecule has 29 heavy (non-hydrogen) atoms. The molecule has 2 aromatic heterocycles.